The molecule has 0 amide bonds. The van der Waals surface area contributed by atoms with E-state index in [2.05, 4.69) is 0 Å². The van der Waals surface area contributed by atoms with Gasteiger partial charge in [0, 0.05) is 10.3 Å². The van der Waals surface area contributed by atoms with Gasteiger partial charge in [-0.15, -0.1) is 23.2 Å². The molecule has 0 unspecified atom stereocenters. The SMILES string of the molecule is CC1(Cl)CC(Cl)C1. The van der Waals surface area contributed by atoms with Crippen molar-refractivity contribution in [2.24, 2.45) is 0 Å². The molecule has 0 radical (unpaired) electrons. The number of halogens is 2. The molecule has 2 heteroatoms. The van der Waals surface area contributed by atoms with Crippen molar-refractivity contribution in [3.05, 3.63) is 0 Å². The summed E-state index contributed by atoms with van der Waals surface area (Å²) in [7, 11) is 0. The molecule has 0 bridgehead atoms. The Hall–Kier alpha value is 0.580. The minimum atomic E-state index is 0.0341. The topological polar surface area (TPSA) is 0 Å². The maximum atomic E-state index is 5.81. The van der Waals surface area contributed by atoms with Crippen molar-refractivity contribution in [2.75, 3.05) is 0 Å². The van der Waals surface area contributed by atoms with E-state index in [9.17, 15) is 0 Å². The molecular formula is C5H8Cl2. The third kappa shape index (κ3) is 1.23. The average Bonchev–Trinajstić information content (AvgIpc) is 1.27. The van der Waals surface area contributed by atoms with Crippen LogP contribution in [0.4, 0.5) is 0 Å². The van der Waals surface area contributed by atoms with Crippen LogP contribution in [-0.4, -0.2) is 10.3 Å². The summed E-state index contributed by atoms with van der Waals surface area (Å²) in [5.74, 6) is 0. The Kier molecular flexibility index (Phi) is 1.25. The number of hydrogen-bond acceptors (Lipinski definition) is 0. The quantitative estimate of drug-likeness (QED) is 0.452. The molecule has 7 heavy (non-hydrogen) atoms. The summed E-state index contributed by atoms with van der Waals surface area (Å²) in [5, 5.41) is 0.350. The van der Waals surface area contributed by atoms with Gasteiger partial charge in [-0.2, -0.15) is 0 Å². The minimum Gasteiger partial charge on any atom is -0.123 e. The summed E-state index contributed by atoms with van der Waals surface area (Å²) in [5.41, 5.74) is 0. The van der Waals surface area contributed by atoms with Gasteiger partial charge in [-0.25, -0.2) is 0 Å². The number of alkyl halides is 2. The Morgan fingerprint density at radius 3 is 2.00 bits per heavy atom. The van der Waals surface area contributed by atoms with Gasteiger partial charge in [-0.05, 0) is 19.8 Å². The highest BCUT2D eigenvalue weighted by atomic mass is 35.5. The summed E-state index contributed by atoms with van der Waals surface area (Å²) in [6, 6.07) is 0. The van der Waals surface area contributed by atoms with Crippen molar-refractivity contribution in [1.82, 2.24) is 0 Å². The molecule has 1 rings (SSSR count). The van der Waals surface area contributed by atoms with Crippen LogP contribution in [0.1, 0.15) is 19.8 Å². The first-order chi connectivity index (χ1) is 3.10. The highest BCUT2D eigenvalue weighted by Crippen LogP contribution is 2.40. The molecule has 42 valence electrons. The third-order valence-corrected chi connectivity index (χ3v) is 1.91. The first kappa shape index (κ1) is 5.71. The second-order valence-corrected chi connectivity index (χ2v) is 3.95. The number of rotatable bonds is 0. The van der Waals surface area contributed by atoms with E-state index in [-0.39, 0.29) is 4.87 Å². The minimum absolute atomic E-state index is 0.0341. The summed E-state index contributed by atoms with van der Waals surface area (Å²) < 4.78 is 0. The van der Waals surface area contributed by atoms with Crippen LogP contribution >= 0.6 is 23.2 Å². The maximum Gasteiger partial charge on any atom is 0.0446 e. The summed E-state index contributed by atoms with van der Waals surface area (Å²) in [6.07, 6.45) is 1.94. The van der Waals surface area contributed by atoms with Gasteiger partial charge >= 0.3 is 0 Å². The van der Waals surface area contributed by atoms with Crippen molar-refractivity contribution in [1.29, 1.82) is 0 Å². The van der Waals surface area contributed by atoms with E-state index in [1.165, 1.54) is 0 Å². The molecule has 0 aromatic rings. The van der Waals surface area contributed by atoms with E-state index < -0.39 is 0 Å². The van der Waals surface area contributed by atoms with Gasteiger partial charge in [-0.3, -0.25) is 0 Å². The van der Waals surface area contributed by atoms with E-state index in [1.54, 1.807) is 0 Å². The molecule has 0 spiro atoms. The zero-order chi connectivity index (χ0) is 5.49. The predicted octanol–water partition coefficient (Wildman–Crippen LogP) is 2.39. The van der Waals surface area contributed by atoms with E-state index >= 15 is 0 Å². The Morgan fingerprint density at radius 1 is 1.57 bits per heavy atom. The summed E-state index contributed by atoms with van der Waals surface area (Å²) in [6.45, 7) is 2.02. The van der Waals surface area contributed by atoms with Gasteiger partial charge in [-0.1, -0.05) is 0 Å². The Bertz CT molecular complexity index is 70.1. The maximum absolute atomic E-state index is 5.81. The van der Waals surface area contributed by atoms with Crippen LogP contribution in [0.3, 0.4) is 0 Å². The molecule has 0 nitrogen and oxygen atoms in total. The van der Waals surface area contributed by atoms with Crippen LogP contribution in [0.15, 0.2) is 0 Å². The Balaban J connectivity index is 2.29. The molecule has 0 aromatic heterocycles. The third-order valence-electron chi connectivity index (χ3n) is 1.29. The fraction of sp³-hybridized carbons (Fsp3) is 1.00. The van der Waals surface area contributed by atoms with Gasteiger partial charge in [0.15, 0.2) is 0 Å². The summed E-state index contributed by atoms with van der Waals surface area (Å²) >= 11 is 11.5. The Morgan fingerprint density at radius 2 is 2.00 bits per heavy atom. The number of hydrogen-bond donors (Lipinski definition) is 0. The van der Waals surface area contributed by atoms with E-state index in [0.29, 0.717) is 5.38 Å². The van der Waals surface area contributed by atoms with E-state index in [4.69, 9.17) is 23.2 Å². The molecule has 0 aromatic carbocycles. The van der Waals surface area contributed by atoms with Gasteiger partial charge < -0.3 is 0 Å². The van der Waals surface area contributed by atoms with Gasteiger partial charge in [0.1, 0.15) is 0 Å². The molecule has 0 heterocycles. The Labute approximate surface area is 53.8 Å². The van der Waals surface area contributed by atoms with Crippen LogP contribution in [0.25, 0.3) is 0 Å². The smallest absolute Gasteiger partial charge is 0.0446 e. The highest BCUT2D eigenvalue weighted by molar-refractivity contribution is 6.28. The molecule has 1 aliphatic carbocycles. The molecule has 0 aliphatic heterocycles. The first-order valence-corrected chi connectivity index (χ1v) is 3.25. The molecule has 0 saturated heterocycles. The lowest BCUT2D eigenvalue weighted by molar-refractivity contribution is 0.391. The average molecular weight is 139 g/mol. The van der Waals surface area contributed by atoms with Crippen molar-refractivity contribution in [3.8, 4) is 0 Å². The standard InChI is InChI=1S/C5H8Cl2/c1-5(7)2-4(6)3-5/h4H,2-3H2,1H3. The largest absolute Gasteiger partial charge is 0.123 e. The van der Waals surface area contributed by atoms with Crippen LogP contribution in [0, 0.1) is 0 Å². The zero-order valence-corrected chi connectivity index (χ0v) is 5.76. The lowest BCUT2D eigenvalue weighted by atomic mass is 9.86. The fourth-order valence-corrected chi connectivity index (χ4v) is 2.08. The molecule has 0 N–H and O–H groups in total. The molecule has 1 saturated carbocycles. The van der Waals surface area contributed by atoms with E-state index in [1.807, 2.05) is 6.92 Å². The van der Waals surface area contributed by atoms with Crippen molar-refractivity contribution in [3.63, 3.8) is 0 Å². The fourth-order valence-electron chi connectivity index (χ4n) is 0.864. The second kappa shape index (κ2) is 1.53. The van der Waals surface area contributed by atoms with Crippen LogP contribution in [0.5, 0.6) is 0 Å². The molecular weight excluding hydrogens is 131 g/mol. The second-order valence-electron chi connectivity index (χ2n) is 2.42. The van der Waals surface area contributed by atoms with Gasteiger partial charge in [0.05, 0.1) is 0 Å². The normalized spacial score (nSPS) is 51.0. The first-order valence-electron chi connectivity index (χ1n) is 2.43. The highest BCUT2D eigenvalue weighted by Gasteiger charge is 2.36. The predicted molar refractivity (Wildman–Crippen MR) is 33.1 cm³/mol. The van der Waals surface area contributed by atoms with Crippen LogP contribution in [0.2, 0.25) is 0 Å². The van der Waals surface area contributed by atoms with Crippen molar-refractivity contribution in [2.45, 2.75) is 30.0 Å². The summed E-state index contributed by atoms with van der Waals surface area (Å²) in [4.78, 5) is 0.0341. The van der Waals surface area contributed by atoms with E-state index in [0.717, 1.165) is 12.8 Å². The van der Waals surface area contributed by atoms with Crippen LogP contribution in [-0.2, 0) is 0 Å². The molecule has 0 atom stereocenters. The lowest BCUT2D eigenvalue weighted by Gasteiger charge is -2.36. The zero-order valence-electron chi connectivity index (χ0n) is 4.25. The van der Waals surface area contributed by atoms with Crippen molar-refractivity contribution < 1.29 is 0 Å². The van der Waals surface area contributed by atoms with Gasteiger partial charge in [0.25, 0.3) is 0 Å². The molecule has 1 aliphatic rings. The van der Waals surface area contributed by atoms with Crippen molar-refractivity contribution >= 4 is 23.2 Å². The molecule has 1 fully saturated rings. The van der Waals surface area contributed by atoms with Gasteiger partial charge in [0.2, 0.25) is 0 Å². The van der Waals surface area contributed by atoms with Crippen LogP contribution < -0.4 is 0 Å². The monoisotopic (exact) mass is 138 g/mol. The lowest BCUT2D eigenvalue weighted by Crippen LogP contribution is -2.36.